The Morgan fingerprint density at radius 3 is 3.04 bits per heavy atom. The molecular formula is C16H25N6O5P. The van der Waals surface area contributed by atoms with E-state index >= 15 is 0 Å². The number of nitrogens with two attached hydrogens (primary N) is 1. The van der Waals surface area contributed by atoms with Crippen LogP contribution < -0.4 is 10.8 Å². The summed E-state index contributed by atoms with van der Waals surface area (Å²) in [5.74, 6) is 0.241. The average molecular weight is 412 g/mol. The van der Waals surface area contributed by atoms with Crippen LogP contribution in [0.25, 0.3) is 11.2 Å². The Bertz CT molecular complexity index is 878. The van der Waals surface area contributed by atoms with Crippen LogP contribution in [0.1, 0.15) is 38.8 Å². The van der Waals surface area contributed by atoms with Crippen LogP contribution >= 0.6 is 7.75 Å². The van der Waals surface area contributed by atoms with Crippen molar-refractivity contribution in [3.05, 3.63) is 12.7 Å². The third-order valence-corrected chi connectivity index (χ3v) is 6.60. The molecule has 4 heterocycles. The first-order valence-corrected chi connectivity index (χ1v) is 11.0. The summed E-state index contributed by atoms with van der Waals surface area (Å²) in [4.78, 5) is 12.3. The van der Waals surface area contributed by atoms with Gasteiger partial charge in [-0.2, -0.15) is 0 Å². The molecule has 0 spiro atoms. The number of nitrogen functional groups attached to an aromatic ring is 1. The molecule has 2 aliphatic heterocycles. The zero-order valence-electron chi connectivity index (χ0n) is 15.6. The second-order valence-electron chi connectivity index (χ2n) is 6.97. The van der Waals surface area contributed by atoms with Crippen molar-refractivity contribution in [2.45, 2.75) is 57.1 Å². The van der Waals surface area contributed by atoms with E-state index in [9.17, 15) is 9.67 Å². The van der Waals surface area contributed by atoms with Gasteiger partial charge in [0.15, 0.2) is 17.7 Å². The molecule has 28 heavy (non-hydrogen) atoms. The second-order valence-corrected chi connectivity index (χ2v) is 8.75. The number of hydrogen-bond donors (Lipinski definition) is 3. The van der Waals surface area contributed by atoms with E-state index < -0.39 is 32.3 Å². The van der Waals surface area contributed by atoms with Crippen LogP contribution in [0.4, 0.5) is 5.82 Å². The maximum atomic E-state index is 12.8. The van der Waals surface area contributed by atoms with E-state index in [0.29, 0.717) is 17.7 Å². The van der Waals surface area contributed by atoms with Crippen LogP contribution in [0.5, 0.6) is 0 Å². The fourth-order valence-electron chi connectivity index (χ4n) is 3.48. The van der Waals surface area contributed by atoms with E-state index in [1.807, 2.05) is 0 Å². The molecule has 12 heteroatoms. The highest BCUT2D eigenvalue weighted by Crippen LogP contribution is 2.52. The van der Waals surface area contributed by atoms with Crippen molar-refractivity contribution in [3.63, 3.8) is 0 Å². The molecule has 2 aromatic heterocycles. The number of rotatable bonds is 7. The van der Waals surface area contributed by atoms with Crippen molar-refractivity contribution in [2.75, 3.05) is 18.9 Å². The standard InChI is InChI=1S/C16H25N6O5P/c1-2-3-4-5-6-21-28(24)25-7-10-13(27-28)12(23)16(26-10)22-9-20-11-14(17)18-8-19-15(11)22/h8-10,12-13,16,23H,2-7H2,1H3,(H,21,24)(H2,17,18,19)/t10-,12-,13-,16-,28?/m1/s1. The van der Waals surface area contributed by atoms with Crippen LogP contribution in [0.3, 0.4) is 0 Å². The molecule has 154 valence electrons. The number of aliphatic hydroxyl groups is 1. The normalized spacial score (nSPS) is 32.6. The number of nitrogens with one attached hydrogen (secondary N) is 1. The molecule has 0 amide bonds. The van der Waals surface area contributed by atoms with E-state index in [2.05, 4.69) is 27.0 Å². The summed E-state index contributed by atoms with van der Waals surface area (Å²) in [6, 6.07) is 0. The fourth-order valence-corrected chi connectivity index (χ4v) is 5.07. The summed E-state index contributed by atoms with van der Waals surface area (Å²) in [7, 11) is -3.49. The zero-order valence-corrected chi connectivity index (χ0v) is 16.5. The van der Waals surface area contributed by atoms with Gasteiger partial charge in [0.05, 0.1) is 12.9 Å². The van der Waals surface area contributed by atoms with Gasteiger partial charge in [0.25, 0.3) is 0 Å². The predicted molar refractivity (Wildman–Crippen MR) is 100 cm³/mol. The first kappa shape index (κ1) is 19.7. The lowest BCUT2D eigenvalue weighted by Crippen LogP contribution is -2.41. The lowest BCUT2D eigenvalue weighted by molar-refractivity contribution is -0.0595. The highest BCUT2D eigenvalue weighted by Gasteiger charge is 2.52. The molecule has 0 aromatic carbocycles. The lowest BCUT2D eigenvalue weighted by atomic mass is 10.1. The maximum Gasteiger partial charge on any atom is 0.406 e. The quantitative estimate of drug-likeness (QED) is 0.450. The topological polar surface area (TPSA) is 147 Å². The molecule has 1 unspecified atom stereocenters. The summed E-state index contributed by atoms with van der Waals surface area (Å²) in [6.07, 6.45) is 3.74. The highest BCUT2D eigenvalue weighted by atomic mass is 31.2. The van der Waals surface area contributed by atoms with Gasteiger partial charge in [-0.25, -0.2) is 24.6 Å². The van der Waals surface area contributed by atoms with Crippen LogP contribution in [0, 0.1) is 0 Å². The number of nitrogens with zero attached hydrogens (tertiary/aromatic N) is 4. The molecule has 0 aliphatic carbocycles. The molecule has 2 saturated heterocycles. The molecule has 2 fully saturated rings. The first-order chi connectivity index (χ1) is 13.5. The third-order valence-electron chi connectivity index (χ3n) is 4.98. The van der Waals surface area contributed by atoms with Crippen LogP contribution in [0.2, 0.25) is 0 Å². The summed E-state index contributed by atoms with van der Waals surface area (Å²) >= 11 is 0. The number of ether oxygens (including phenoxy) is 1. The summed E-state index contributed by atoms with van der Waals surface area (Å²) in [5, 5.41) is 13.6. The minimum absolute atomic E-state index is 0.0568. The van der Waals surface area contributed by atoms with Gasteiger partial charge in [0, 0.05) is 6.54 Å². The van der Waals surface area contributed by atoms with E-state index in [1.54, 1.807) is 4.57 Å². The van der Waals surface area contributed by atoms with Gasteiger partial charge >= 0.3 is 7.75 Å². The van der Waals surface area contributed by atoms with E-state index in [-0.39, 0.29) is 12.4 Å². The van der Waals surface area contributed by atoms with Crippen molar-refractivity contribution in [3.8, 4) is 0 Å². The first-order valence-electron chi connectivity index (χ1n) is 9.47. The van der Waals surface area contributed by atoms with Gasteiger partial charge in [-0.15, -0.1) is 0 Å². The molecular weight excluding hydrogens is 387 g/mol. The Morgan fingerprint density at radius 2 is 2.21 bits per heavy atom. The minimum atomic E-state index is -3.49. The van der Waals surface area contributed by atoms with Gasteiger partial charge in [-0.3, -0.25) is 13.6 Å². The summed E-state index contributed by atoms with van der Waals surface area (Å²) < 4.78 is 31.4. The van der Waals surface area contributed by atoms with Gasteiger partial charge in [0.1, 0.15) is 30.2 Å². The average Bonchev–Trinajstić information content (AvgIpc) is 3.24. The summed E-state index contributed by atoms with van der Waals surface area (Å²) in [6.45, 7) is 2.71. The van der Waals surface area contributed by atoms with Crippen molar-refractivity contribution < 1.29 is 23.5 Å². The van der Waals surface area contributed by atoms with Crippen molar-refractivity contribution >= 4 is 24.7 Å². The van der Waals surface area contributed by atoms with E-state index in [4.69, 9.17) is 19.5 Å². The maximum absolute atomic E-state index is 12.8. The number of aromatic nitrogens is 4. The molecule has 4 rings (SSSR count). The lowest BCUT2D eigenvalue weighted by Gasteiger charge is -2.31. The number of fused-ring (bicyclic) bond motifs is 2. The number of unbranched alkanes of at least 4 members (excludes halogenated alkanes) is 3. The number of aliphatic hydroxyl groups excluding tert-OH is 1. The zero-order chi connectivity index (χ0) is 19.7. The minimum Gasteiger partial charge on any atom is -0.386 e. The van der Waals surface area contributed by atoms with Gasteiger partial charge in [-0.05, 0) is 6.42 Å². The molecule has 5 atom stereocenters. The Labute approximate surface area is 162 Å². The van der Waals surface area contributed by atoms with E-state index in [0.717, 1.165) is 25.7 Å². The van der Waals surface area contributed by atoms with Crippen molar-refractivity contribution in [1.29, 1.82) is 0 Å². The molecule has 2 aliphatic rings. The SMILES string of the molecule is CCCCCCNP1(=O)OC[C@H]2O[C@@H](n3cnc4c(N)ncnc43)[C@H](O)[C@@H]2O1. The summed E-state index contributed by atoms with van der Waals surface area (Å²) in [5.41, 5.74) is 6.67. The van der Waals surface area contributed by atoms with Crippen molar-refractivity contribution in [2.24, 2.45) is 0 Å². The number of imidazole rings is 1. The monoisotopic (exact) mass is 412 g/mol. The Hall–Kier alpha value is -1.62. The molecule has 4 N–H and O–H groups in total. The van der Waals surface area contributed by atoms with Gasteiger partial charge in [0.2, 0.25) is 0 Å². The number of hydrogen-bond acceptors (Lipinski definition) is 9. The van der Waals surface area contributed by atoms with Crippen LogP contribution in [0.15, 0.2) is 12.7 Å². The predicted octanol–water partition coefficient (Wildman–Crippen LogP) is 1.36. The van der Waals surface area contributed by atoms with Crippen LogP contribution in [-0.2, 0) is 18.3 Å². The smallest absolute Gasteiger partial charge is 0.386 e. The molecule has 2 aromatic rings. The Kier molecular flexibility index (Phi) is 5.64. The van der Waals surface area contributed by atoms with E-state index in [1.165, 1.54) is 12.7 Å². The Balaban J connectivity index is 1.45. The molecule has 0 bridgehead atoms. The van der Waals surface area contributed by atoms with Gasteiger partial charge < -0.3 is 15.6 Å². The molecule has 11 nitrogen and oxygen atoms in total. The third kappa shape index (κ3) is 3.66. The molecule has 0 saturated carbocycles. The molecule has 0 radical (unpaired) electrons. The fraction of sp³-hybridized carbons (Fsp3) is 0.688. The largest absolute Gasteiger partial charge is 0.406 e. The Morgan fingerprint density at radius 1 is 1.36 bits per heavy atom. The number of anilines is 1. The second kappa shape index (κ2) is 8.02. The van der Waals surface area contributed by atoms with Crippen molar-refractivity contribution in [1.82, 2.24) is 24.6 Å². The van der Waals surface area contributed by atoms with Gasteiger partial charge in [-0.1, -0.05) is 26.2 Å². The van der Waals surface area contributed by atoms with Crippen LogP contribution in [-0.4, -0.2) is 56.1 Å². The highest BCUT2D eigenvalue weighted by molar-refractivity contribution is 7.51.